The Hall–Kier alpha value is -2.96. The summed E-state index contributed by atoms with van der Waals surface area (Å²) in [5.74, 6) is -1.56. The highest BCUT2D eigenvalue weighted by atomic mass is 19.1. The molecule has 28 heavy (non-hydrogen) atoms. The first-order valence-electron chi connectivity index (χ1n) is 9.31. The van der Waals surface area contributed by atoms with Gasteiger partial charge in [0.2, 0.25) is 5.91 Å². The summed E-state index contributed by atoms with van der Waals surface area (Å²) in [6, 6.07) is 11.0. The summed E-state index contributed by atoms with van der Waals surface area (Å²) in [7, 11) is 0. The van der Waals surface area contributed by atoms with Crippen LogP contribution in [0.15, 0.2) is 42.5 Å². The van der Waals surface area contributed by atoms with Crippen LogP contribution in [0.4, 0.5) is 13.6 Å². The minimum Gasteiger partial charge on any atom is -0.369 e. The third-order valence-corrected chi connectivity index (χ3v) is 5.64. The molecule has 3 amide bonds. The van der Waals surface area contributed by atoms with Crippen molar-refractivity contribution in [1.29, 1.82) is 0 Å². The van der Waals surface area contributed by atoms with Crippen LogP contribution in [-0.4, -0.2) is 47.9 Å². The SMILES string of the molecule is NC(=O)C1CCN(C(=O)N2CC(c3ccc(-c4ccc(F)cc4F)cc3)C2)C1. The van der Waals surface area contributed by atoms with E-state index >= 15 is 0 Å². The molecule has 0 saturated carbocycles. The lowest BCUT2D eigenvalue weighted by molar-refractivity contribution is -0.121. The molecule has 2 aromatic carbocycles. The van der Waals surface area contributed by atoms with Crippen LogP contribution in [0.1, 0.15) is 17.9 Å². The van der Waals surface area contributed by atoms with Gasteiger partial charge in [0.15, 0.2) is 0 Å². The molecule has 2 aromatic rings. The molecule has 2 N–H and O–H groups in total. The van der Waals surface area contributed by atoms with Gasteiger partial charge in [0.25, 0.3) is 0 Å². The first kappa shape index (κ1) is 18.4. The van der Waals surface area contributed by atoms with E-state index in [-0.39, 0.29) is 23.8 Å². The lowest BCUT2D eigenvalue weighted by atomic mass is 9.90. The highest BCUT2D eigenvalue weighted by molar-refractivity contribution is 5.80. The van der Waals surface area contributed by atoms with Gasteiger partial charge in [-0.3, -0.25) is 4.79 Å². The summed E-state index contributed by atoms with van der Waals surface area (Å²) in [5, 5.41) is 0. The normalized spacial score (nSPS) is 19.6. The van der Waals surface area contributed by atoms with E-state index < -0.39 is 11.6 Å². The van der Waals surface area contributed by atoms with E-state index in [1.54, 1.807) is 9.80 Å². The number of hydrogen-bond donors (Lipinski definition) is 1. The van der Waals surface area contributed by atoms with Crippen LogP contribution in [0.2, 0.25) is 0 Å². The maximum absolute atomic E-state index is 13.9. The number of primary amides is 1. The van der Waals surface area contributed by atoms with Crippen molar-refractivity contribution in [1.82, 2.24) is 9.80 Å². The zero-order chi connectivity index (χ0) is 19.8. The number of carbonyl (C=O) groups excluding carboxylic acids is 2. The number of carbonyl (C=O) groups is 2. The number of amides is 3. The molecular formula is C21H21F2N3O2. The third-order valence-electron chi connectivity index (χ3n) is 5.64. The average Bonchev–Trinajstić information content (AvgIpc) is 3.12. The van der Waals surface area contributed by atoms with Crippen LogP contribution in [-0.2, 0) is 4.79 Å². The zero-order valence-electron chi connectivity index (χ0n) is 15.3. The first-order chi connectivity index (χ1) is 13.4. The highest BCUT2D eigenvalue weighted by Crippen LogP contribution is 2.31. The van der Waals surface area contributed by atoms with Gasteiger partial charge in [-0.15, -0.1) is 0 Å². The van der Waals surface area contributed by atoms with Gasteiger partial charge in [-0.05, 0) is 29.7 Å². The largest absolute Gasteiger partial charge is 0.369 e. The molecule has 4 rings (SSSR count). The van der Waals surface area contributed by atoms with Crippen LogP contribution in [0, 0.1) is 17.6 Å². The topological polar surface area (TPSA) is 66.6 Å². The quantitative estimate of drug-likeness (QED) is 0.883. The molecule has 2 saturated heterocycles. The monoisotopic (exact) mass is 385 g/mol. The predicted molar refractivity (Wildman–Crippen MR) is 100 cm³/mol. The van der Waals surface area contributed by atoms with Crippen molar-refractivity contribution in [3.05, 3.63) is 59.7 Å². The Morgan fingerprint density at radius 1 is 0.964 bits per heavy atom. The van der Waals surface area contributed by atoms with E-state index in [1.807, 2.05) is 24.3 Å². The molecule has 146 valence electrons. The predicted octanol–water partition coefficient (Wildman–Crippen LogP) is 2.96. The number of benzene rings is 2. The van der Waals surface area contributed by atoms with Crippen molar-refractivity contribution in [2.24, 2.45) is 11.7 Å². The third kappa shape index (κ3) is 3.44. The number of halogens is 2. The van der Waals surface area contributed by atoms with E-state index in [0.717, 1.165) is 11.6 Å². The van der Waals surface area contributed by atoms with Gasteiger partial charge in [0.05, 0.1) is 5.92 Å². The van der Waals surface area contributed by atoms with Gasteiger partial charge >= 0.3 is 6.03 Å². The summed E-state index contributed by atoms with van der Waals surface area (Å²) in [6.07, 6.45) is 0.625. The number of rotatable bonds is 3. The van der Waals surface area contributed by atoms with E-state index in [0.29, 0.717) is 43.7 Å². The molecule has 2 fully saturated rings. The molecule has 0 bridgehead atoms. The highest BCUT2D eigenvalue weighted by Gasteiger charge is 2.37. The minimum absolute atomic E-state index is 0.0509. The maximum atomic E-state index is 13.9. The summed E-state index contributed by atoms with van der Waals surface area (Å²) in [5.41, 5.74) is 7.44. The van der Waals surface area contributed by atoms with Crippen molar-refractivity contribution < 1.29 is 18.4 Å². The van der Waals surface area contributed by atoms with E-state index in [9.17, 15) is 18.4 Å². The van der Waals surface area contributed by atoms with E-state index in [1.165, 1.54) is 12.1 Å². The van der Waals surface area contributed by atoms with Crippen molar-refractivity contribution in [2.45, 2.75) is 12.3 Å². The molecule has 2 aliphatic heterocycles. The molecule has 0 spiro atoms. The van der Waals surface area contributed by atoms with Gasteiger partial charge in [-0.2, -0.15) is 0 Å². The fourth-order valence-corrected chi connectivity index (χ4v) is 3.87. The molecule has 5 nitrogen and oxygen atoms in total. The fourth-order valence-electron chi connectivity index (χ4n) is 3.87. The Kier molecular flexibility index (Phi) is 4.75. The minimum atomic E-state index is -0.600. The molecule has 7 heteroatoms. The molecule has 0 aromatic heterocycles. The van der Waals surface area contributed by atoms with E-state index in [4.69, 9.17) is 5.73 Å². The number of hydrogen-bond acceptors (Lipinski definition) is 2. The Balaban J connectivity index is 1.36. The van der Waals surface area contributed by atoms with E-state index in [2.05, 4.69) is 0 Å². The summed E-state index contributed by atoms with van der Waals surface area (Å²) < 4.78 is 27.0. The lowest BCUT2D eigenvalue weighted by Crippen LogP contribution is -2.53. The van der Waals surface area contributed by atoms with Gasteiger partial charge in [0, 0.05) is 43.7 Å². The molecule has 2 heterocycles. The van der Waals surface area contributed by atoms with Crippen LogP contribution in [0.25, 0.3) is 11.1 Å². The molecular weight excluding hydrogens is 364 g/mol. The second-order valence-corrected chi connectivity index (χ2v) is 7.46. The summed E-state index contributed by atoms with van der Waals surface area (Å²) in [4.78, 5) is 27.2. The second-order valence-electron chi connectivity index (χ2n) is 7.46. The fraction of sp³-hybridized carbons (Fsp3) is 0.333. The number of nitrogens with two attached hydrogens (primary N) is 1. The van der Waals surface area contributed by atoms with Crippen molar-refractivity contribution in [2.75, 3.05) is 26.2 Å². The summed E-state index contributed by atoms with van der Waals surface area (Å²) >= 11 is 0. The van der Waals surface area contributed by atoms with Crippen LogP contribution in [0.5, 0.6) is 0 Å². The Morgan fingerprint density at radius 2 is 1.68 bits per heavy atom. The van der Waals surface area contributed by atoms with Crippen LogP contribution in [0.3, 0.4) is 0 Å². The number of likely N-dealkylation sites (tertiary alicyclic amines) is 2. The van der Waals surface area contributed by atoms with Crippen LogP contribution >= 0.6 is 0 Å². The van der Waals surface area contributed by atoms with Crippen molar-refractivity contribution in [3.8, 4) is 11.1 Å². The van der Waals surface area contributed by atoms with Crippen LogP contribution < -0.4 is 5.73 Å². The Morgan fingerprint density at radius 3 is 2.29 bits per heavy atom. The zero-order valence-corrected chi connectivity index (χ0v) is 15.3. The van der Waals surface area contributed by atoms with Crippen molar-refractivity contribution in [3.63, 3.8) is 0 Å². The smallest absolute Gasteiger partial charge is 0.320 e. The lowest BCUT2D eigenvalue weighted by Gasteiger charge is -2.41. The van der Waals surface area contributed by atoms with Gasteiger partial charge in [-0.1, -0.05) is 24.3 Å². The second kappa shape index (κ2) is 7.22. The maximum Gasteiger partial charge on any atom is 0.320 e. The molecule has 1 unspecified atom stereocenters. The van der Waals surface area contributed by atoms with Crippen molar-refractivity contribution >= 4 is 11.9 Å². The first-order valence-corrected chi connectivity index (χ1v) is 9.31. The van der Waals surface area contributed by atoms with Gasteiger partial charge in [0.1, 0.15) is 11.6 Å². The van der Waals surface area contributed by atoms with Gasteiger partial charge < -0.3 is 15.5 Å². The number of urea groups is 1. The molecule has 0 aliphatic carbocycles. The average molecular weight is 385 g/mol. The molecule has 0 radical (unpaired) electrons. The summed E-state index contributed by atoms with van der Waals surface area (Å²) in [6.45, 7) is 2.18. The Labute approximate surface area is 161 Å². The Bertz CT molecular complexity index is 910. The molecule has 1 atom stereocenters. The standard InChI is InChI=1S/C21H21F2N3O2/c22-17-5-6-18(19(23)9-17)14-3-1-13(2-4-14)16-11-26(12-16)21(28)25-8-7-15(10-25)20(24)27/h1-6,9,15-16H,7-8,10-12H2,(H2,24,27). The number of nitrogens with zero attached hydrogens (tertiary/aromatic N) is 2. The van der Waals surface area contributed by atoms with Gasteiger partial charge in [-0.25, -0.2) is 13.6 Å². The molecule has 2 aliphatic rings.